The first-order chi connectivity index (χ1) is 23.4. The molecule has 2 aromatic heterocycles. The van der Waals surface area contributed by atoms with Gasteiger partial charge in [-0.2, -0.15) is 0 Å². The Morgan fingerprint density at radius 1 is 1.14 bits per heavy atom. The zero-order chi connectivity index (χ0) is 35.3. The van der Waals surface area contributed by atoms with Crippen LogP contribution in [0.5, 0.6) is 0 Å². The number of carbonyl (C=O) groups is 2. The molecule has 0 spiro atoms. The Morgan fingerprint density at radius 2 is 1.94 bits per heavy atom. The van der Waals surface area contributed by atoms with E-state index in [9.17, 15) is 18.4 Å². The lowest BCUT2D eigenvalue weighted by Gasteiger charge is -2.21. The van der Waals surface area contributed by atoms with Crippen molar-refractivity contribution >= 4 is 43.1 Å². The summed E-state index contributed by atoms with van der Waals surface area (Å²) in [6, 6.07) is 12.0. The van der Waals surface area contributed by atoms with E-state index in [2.05, 4.69) is 34.8 Å². The molecule has 2 aromatic carbocycles. The molecule has 5 rings (SSSR count). The molecule has 0 aliphatic carbocycles. The number of rotatable bonds is 9. The van der Waals surface area contributed by atoms with E-state index in [0.717, 1.165) is 23.6 Å². The Hall–Kier alpha value is -4.13. The average molecular weight is 710 g/mol. The van der Waals surface area contributed by atoms with E-state index in [0.29, 0.717) is 60.6 Å². The van der Waals surface area contributed by atoms with Crippen molar-refractivity contribution in [1.82, 2.24) is 14.5 Å². The fourth-order valence-corrected chi connectivity index (χ4v) is 6.85. The number of carbonyl (C=O) groups excluding carboxylic acids is 2. The van der Waals surface area contributed by atoms with Crippen LogP contribution in [0.25, 0.3) is 22.4 Å². The molecule has 1 unspecified atom stereocenters. The zero-order valence-corrected chi connectivity index (χ0v) is 30.2. The maximum Gasteiger partial charge on any atom is 0.411 e. The van der Waals surface area contributed by atoms with E-state index in [4.69, 9.17) is 31.0 Å². The van der Waals surface area contributed by atoms with Crippen molar-refractivity contribution in [3.63, 3.8) is 0 Å². The summed E-state index contributed by atoms with van der Waals surface area (Å²) in [5.41, 5.74) is 3.96. The quantitative estimate of drug-likeness (QED) is 0.102. The number of hydrogen-bond donors (Lipinski definition) is 2. The predicted molar refractivity (Wildman–Crippen MR) is 191 cm³/mol. The van der Waals surface area contributed by atoms with Crippen LogP contribution in [0.3, 0.4) is 0 Å². The summed E-state index contributed by atoms with van der Waals surface area (Å²) in [7, 11) is -0.0655. The molecule has 4 aromatic rings. The van der Waals surface area contributed by atoms with E-state index >= 15 is 0 Å². The third-order valence-electron chi connectivity index (χ3n) is 8.57. The van der Waals surface area contributed by atoms with Crippen LogP contribution in [0, 0.1) is 11.6 Å². The highest BCUT2D eigenvalue weighted by Gasteiger charge is 2.29. The topological polar surface area (TPSA) is 107 Å². The number of nitrogens with one attached hydrogen (secondary N) is 2. The van der Waals surface area contributed by atoms with Gasteiger partial charge < -0.3 is 19.4 Å². The van der Waals surface area contributed by atoms with Crippen molar-refractivity contribution in [3.8, 4) is 22.4 Å². The number of fused-ring (bicyclic) bond motifs is 4. The lowest BCUT2D eigenvalue weighted by atomic mass is 9.95. The molecule has 0 saturated heterocycles. The summed E-state index contributed by atoms with van der Waals surface area (Å²) in [5, 5.41) is 5.53. The van der Waals surface area contributed by atoms with Gasteiger partial charge in [0.05, 0.1) is 40.7 Å². The Morgan fingerprint density at radius 3 is 2.63 bits per heavy atom. The lowest BCUT2D eigenvalue weighted by molar-refractivity contribution is -0.116. The van der Waals surface area contributed by atoms with Gasteiger partial charge in [0.25, 0.3) is 0 Å². The predicted octanol–water partition coefficient (Wildman–Crippen LogP) is 9.24. The highest BCUT2D eigenvalue weighted by molar-refractivity contribution is 6.76. The summed E-state index contributed by atoms with van der Waals surface area (Å²) in [6.07, 6.45) is 3.66. The second-order valence-electron chi connectivity index (χ2n) is 13.3. The third-order valence-corrected chi connectivity index (χ3v) is 10.6. The molecular formula is C36H42ClF2N5O4Si. The first-order valence-electron chi connectivity index (χ1n) is 16.5. The van der Waals surface area contributed by atoms with Crippen LogP contribution in [0.4, 0.5) is 25.0 Å². The number of amides is 2. The molecular weight excluding hydrogens is 668 g/mol. The first kappa shape index (κ1) is 36.2. The van der Waals surface area contributed by atoms with Crippen molar-refractivity contribution in [3.05, 3.63) is 82.5 Å². The van der Waals surface area contributed by atoms with Gasteiger partial charge in [-0.05, 0) is 61.7 Å². The van der Waals surface area contributed by atoms with Crippen molar-refractivity contribution in [1.29, 1.82) is 0 Å². The Labute approximate surface area is 291 Å². The Balaban J connectivity index is 1.64. The van der Waals surface area contributed by atoms with Crippen molar-refractivity contribution in [2.75, 3.05) is 24.4 Å². The average Bonchev–Trinajstić information content (AvgIpc) is 3.42. The highest BCUT2D eigenvalue weighted by Crippen LogP contribution is 2.39. The van der Waals surface area contributed by atoms with Gasteiger partial charge in [-0.1, -0.05) is 50.7 Å². The SMILES string of the molecule is CCc1c2nc(n1COCC[Si](C)(C)C)C(c1ccc(-c3c(F)ccc(Cl)c3F)cn1)CCCCC(=O)Nc1cc(NC(=O)OC)ccc1-2. The molecule has 1 aliphatic heterocycles. The van der Waals surface area contributed by atoms with E-state index < -0.39 is 25.8 Å². The first-order valence-corrected chi connectivity index (χ1v) is 20.5. The summed E-state index contributed by atoms with van der Waals surface area (Å²) in [6.45, 7) is 9.83. The molecule has 2 bridgehead atoms. The fraction of sp³-hybridized carbons (Fsp3) is 0.389. The number of halogens is 3. The molecule has 0 fully saturated rings. The number of pyridine rings is 1. The van der Waals surface area contributed by atoms with E-state index in [1.807, 2.05) is 13.0 Å². The van der Waals surface area contributed by atoms with Crippen molar-refractivity contribution < 1.29 is 27.8 Å². The largest absolute Gasteiger partial charge is 0.453 e. The van der Waals surface area contributed by atoms with Gasteiger partial charge in [0.1, 0.15) is 18.4 Å². The standard InChI is InChI=1S/C36H42ClF2N5O4Si/c1-6-30-34-24-13-12-23(41-36(46)47-2)19-29(24)42-31(45)10-8-7-9-25(35(43-34)44(30)21-48-17-18-49(3,4)5)28-16-11-22(20-40-28)32-27(38)15-14-26(37)33(32)39/h11-16,19-20,25H,6-10,17-18,21H2,1-5H3,(H,41,46)(H,42,45). The number of nitrogens with zero attached hydrogens (tertiary/aromatic N) is 3. The van der Waals surface area contributed by atoms with Crippen LogP contribution in [-0.4, -0.2) is 48.3 Å². The molecule has 49 heavy (non-hydrogen) atoms. The highest BCUT2D eigenvalue weighted by atomic mass is 35.5. The van der Waals surface area contributed by atoms with Gasteiger partial charge in [0.2, 0.25) is 5.91 Å². The molecule has 1 aliphatic rings. The van der Waals surface area contributed by atoms with Crippen molar-refractivity contribution in [2.45, 2.75) is 77.4 Å². The van der Waals surface area contributed by atoms with E-state index in [-0.39, 0.29) is 41.1 Å². The minimum absolute atomic E-state index is 0.158. The summed E-state index contributed by atoms with van der Waals surface area (Å²) >= 11 is 5.97. The molecule has 2 N–H and O–H groups in total. The van der Waals surface area contributed by atoms with E-state index in [1.165, 1.54) is 19.4 Å². The molecule has 2 amide bonds. The number of imidazole rings is 1. The van der Waals surface area contributed by atoms with Gasteiger partial charge in [-0.3, -0.25) is 15.1 Å². The number of ether oxygens (including phenoxy) is 2. The fourth-order valence-electron chi connectivity index (χ4n) is 5.93. The van der Waals surface area contributed by atoms with Gasteiger partial charge in [-0.15, -0.1) is 0 Å². The second kappa shape index (κ2) is 15.6. The Bertz CT molecular complexity index is 1830. The molecule has 9 nitrogen and oxygen atoms in total. The van der Waals surface area contributed by atoms with Crippen LogP contribution in [0.2, 0.25) is 30.7 Å². The number of hydrogen-bond acceptors (Lipinski definition) is 6. The van der Waals surface area contributed by atoms with Crippen LogP contribution < -0.4 is 10.6 Å². The van der Waals surface area contributed by atoms with Crippen LogP contribution in [-0.2, 0) is 27.4 Å². The minimum atomic E-state index is -1.35. The van der Waals surface area contributed by atoms with Gasteiger partial charge in [0.15, 0.2) is 5.82 Å². The summed E-state index contributed by atoms with van der Waals surface area (Å²) in [4.78, 5) is 35.1. The number of aromatic nitrogens is 3. The normalized spacial score (nSPS) is 15.1. The monoisotopic (exact) mass is 709 g/mol. The smallest absolute Gasteiger partial charge is 0.411 e. The lowest BCUT2D eigenvalue weighted by Crippen LogP contribution is -2.22. The molecule has 260 valence electrons. The zero-order valence-electron chi connectivity index (χ0n) is 28.5. The van der Waals surface area contributed by atoms with Gasteiger partial charge in [-0.25, -0.2) is 18.6 Å². The summed E-state index contributed by atoms with van der Waals surface area (Å²) < 4.78 is 42.8. The van der Waals surface area contributed by atoms with Crippen LogP contribution in [0.1, 0.15) is 55.7 Å². The molecule has 0 saturated carbocycles. The minimum Gasteiger partial charge on any atom is -0.453 e. The second-order valence-corrected chi connectivity index (χ2v) is 19.3. The summed E-state index contributed by atoms with van der Waals surface area (Å²) in [5.74, 6) is -1.29. The molecule has 0 radical (unpaired) electrons. The maximum atomic E-state index is 14.9. The van der Waals surface area contributed by atoms with Gasteiger partial charge >= 0.3 is 6.09 Å². The molecule has 13 heteroatoms. The number of anilines is 2. The molecule has 1 atom stereocenters. The van der Waals surface area contributed by atoms with Gasteiger partial charge in [0, 0.05) is 49.8 Å². The van der Waals surface area contributed by atoms with Crippen LogP contribution >= 0.6 is 11.6 Å². The number of benzene rings is 2. The third kappa shape index (κ3) is 8.54. The molecule has 3 heterocycles. The van der Waals surface area contributed by atoms with E-state index in [1.54, 1.807) is 24.3 Å². The number of methoxy groups -OCH3 is 1. The Kier molecular flexibility index (Phi) is 11.5. The van der Waals surface area contributed by atoms with Crippen molar-refractivity contribution in [2.24, 2.45) is 0 Å². The van der Waals surface area contributed by atoms with Crippen LogP contribution in [0.15, 0.2) is 48.7 Å². The maximum absolute atomic E-state index is 14.9.